The first-order chi connectivity index (χ1) is 15.8. The monoisotopic (exact) mass is 418 g/mol. The summed E-state index contributed by atoms with van der Waals surface area (Å²) in [6, 6.07) is 23.7. The summed E-state index contributed by atoms with van der Waals surface area (Å²) >= 11 is 0. The first kappa shape index (κ1) is 18.3. The molecule has 0 spiro atoms. The molecule has 3 aromatic heterocycles. The van der Waals surface area contributed by atoms with Gasteiger partial charge in [-0.25, -0.2) is 9.97 Å². The van der Waals surface area contributed by atoms with E-state index in [0.717, 1.165) is 56.9 Å². The van der Waals surface area contributed by atoms with Crippen LogP contribution in [0.2, 0.25) is 0 Å². The molecule has 0 aliphatic heterocycles. The van der Waals surface area contributed by atoms with Crippen LogP contribution in [0.4, 0.5) is 0 Å². The van der Waals surface area contributed by atoms with Gasteiger partial charge in [0.15, 0.2) is 5.65 Å². The summed E-state index contributed by atoms with van der Waals surface area (Å²) in [7, 11) is 1.66. The van der Waals surface area contributed by atoms with Crippen LogP contribution in [-0.2, 0) is 0 Å². The zero-order valence-corrected chi connectivity index (χ0v) is 17.3. The Bertz CT molecular complexity index is 1610. The van der Waals surface area contributed by atoms with E-state index in [4.69, 9.17) is 14.7 Å². The number of methoxy groups -OCH3 is 1. The summed E-state index contributed by atoms with van der Waals surface area (Å²) in [4.78, 5) is 20.6. The highest BCUT2D eigenvalue weighted by Gasteiger charge is 2.18. The van der Waals surface area contributed by atoms with E-state index in [1.54, 1.807) is 7.11 Å². The minimum absolute atomic E-state index is 0.648. The molecule has 0 bridgehead atoms. The standard InChI is InChI=1S/C26H18N4O2/c1-32-20-12-10-19(11-13-20)25-27-15-24-26-28-14-23(18-8-6-17(16-31)7-9-18)29(26)21-4-2-3-5-22(21)30(24)25/h2-16H,1H3. The molecule has 0 aliphatic carbocycles. The lowest BCUT2D eigenvalue weighted by Crippen LogP contribution is -1.99. The maximum atomic E-state index is 11.1. The lowest BCUT2D eigenvalue weighted by Gasteiger charge is -2.12. The molecule has 0 aliphatic rings. The van der Waals surface area contributed by atoms with Crippen molar-refractivity contribution in [2.24, 2.45) is 0 Å². The molecule has 0 amide bonds. The summed E-state index contributed by atoms with van der Waals surface area (Å²) in [5.74, 6) is 1.65. The number of carbonyl (C=O) groups excluding carboxylic acids is 1. The molecule has 32 heavy (non-hydrogen) atoms. The first-order valence-electron chi connectivity index (χ1n) is 10.2. The molecule has 6 nitrogen and oxygen atoms in total. The van der Waals surface area contributed by atoms with Crippen molar-refractivity contribution in [3.63, 3.8) is 0 Å². The molecule has 3 aromatic carbocycles. The molecule has 0 fully saturated rings. The van der Waals surface area contributed by atoms with Crippen LogP contribution in [0.15, 0.2) is 85.2 Å². The molecular weight excluding hydrogens is 400 g/mol. The number of rotatable bonds is 4. The number of hydrogen-bond acceptors (Lipinski definition) is 4. The molecule has 0 saturated heterocycles. The number of nitrogens with zero attached hydrogens (tertiary/aromatic N) is 4. The van der Waals surface area contributed by atoms with Gasteiger partial charge in [0.1, 0.15) is 23.4 Å². The third kappa shape index (κ3) is 2.63. The quantitative estimate of drug-likeness (QED) is 0.365. The van der Waals surface area contributed by atoms with E-state index in [1.807, 2.05) is 73.1 Å². The minimum atomic E-state index is 0.648. The van der Waals surface area contributed by atoms with Gasteiger partial charge in [-0.1, -0.05) is 36.4 Å². The molecule has 0 radical (unpaired) electrons. The van der Waals surface area contributed by atoms with Crippen LogP contribution >= 0.6 is 0 Å². The van der Waals surface area contributed by atoms with Crippen LogP contribution in [0, 0.1) is 0 Å². The van der Waals surface area contributed by atoms with Gasteiger partial charge in [-0.15, -0.1) is 0 Å². The first-order valence-corrected chi connectivity index (χ1v) is 10.2. The number of benzene rings is 3. The molecule has 3 heterocycles. The molecular formula is C26H18N4O2. The van der Waals surface area contributed by atoms with Gasteiger partial charge in [0.2, 0.25) is 0 Å². The van der Waals surface area contributed by atoms with Crippen molar-refractivity contribution < 1.29 is 9.53 Å². The van der Waals surface area contributed by atoms with Gasteiger partial charge in [-0.2, -0.15) is 0 Å². The maximum absolute atomic E-state index is 11.1. The fourth-order valence-electron chi connectivity index (χ4n) is 4.25. The van der Waals surface area contributed by atoms with Crippen LogP contribution in [0.1, 0.15) is 10.4 Å². The van der Waals surface area contributed by atoms with Crippen molar-refractivity contribution in [3.05, 3.63) is 90.8 Å². The number of carbonyl (C=O) groups is 1. The van der Waals surface area contributed by atoms with Crippen LogP contribution in [-0.4, -0.2) is 32.2 Å². The number of aldehydes is 1. The Morgan fingerprint density at radius 1 is 0.750 bits per heavy atom. The number of imidazole rings is 2. The number of hydrogen-bond donors (Lipinski definition) is 0. The third-order valence-electron chi connectivity index (χ3n) is 5.81. The van der Waals surface area contributed by atoms with Gasteiger partial charge in [-0.3, -0.25) is 13.6 Å². The Labute approximate surface area is 183 Å². The fourth-order valence-corrected chi connectivity index (χ4v) is 4.25. The normalized spacial score (nSPS) is 11.4. The fraction of sp³-hybridized carbons (Fsp3) is 0.0385. The predicted molar refractivity (Wildman–Crippen MR) is 124 cm³/mol. The van der Waals surface area contributed by atoms with Gasteiger partial charge >= 0.3 is 0 Å². The van der Waals surface area contributed by atoms with Crippen molar-refractivity contribution in [1.29, 1.82) is 0 Å². The highest BCUT2D eigenvalue weighted by molar-refractivity contribution is 5.92. The summed E-state index contributed by atoms with van der Waals surface area (Å²) in [5, 5.41) is 0. The number of ether oxygens (including phenoxy) is 1. The van der Waals surface area contributed by atoms with E-state index >= 15 is 0 Å². The second-order valence-electron chi connectivity index (χ2n) is 7.56. The lowest BCUT2D eigenvalue weighted by atomic mass is 10.1. The van der Waals surface area contributed by atoms with Gasteiger partial charge in [0.05, 0.1) is 36.2 Å². The zero-order valence-electron chi connectivity index (χ0n) is 17.3. The van der Waals surface area contributed by atoms with Crippen molar-refractivity contribution in [2.45, 2.75) is 0 Å². The van der Waals surface area contributed by atoms with E-state index in [-0.39, 0.29) is 0 Å². The summed E-state index contributed by atoms with van der Waals surface area (Å²) < 4.78 is 9.61. The Morgan fingerprint density at radius 3 is 2.12 bits per heavy atom. The van der Waals surface area contributed by atoms with Crippen LogP contribution < -0.4 is 4.74 Å². The molecule has 0 unspecified atom stereocenters. The van der Waals surface area contributed by atoms with E-state index in [0.29, 0.717) is 5.56 Å². The van der Waals surface area contributed by atoms with Gasteiger partial charge in [-0.05, 0) is 36.4 Å². The maximum Gasteiger partial charge on any atom is 0.163 e. The molecule has 6 heteroatoms. The van der Waals surface area contributed by atoms with E-state index < -0.39 is 0 Å². The number of aromatic nitrogens is 4. The van der Waals surface area contributed by atoms with E-state index in [9.17, 15) is 4.79 Å². The van der Waals surface area contributed by atoms with Crippen LogP contribution in [0.3, 0.4) is 0 Å². The Morgan fingerprint density at radius 2 is 1.44 bits per heavy atom. The summed E-state index contributed by atoms with van der Waals surface area (Å²) in [6.45, 7) is 0. The van der Waals surface area contributed by atoms with Crippen molar-refractivity contribution in [3.8, 4) is 28.4 Å². The SMILES string of the molecule is COc1ccc(-c2ncc3c4ncc(-c5ccc(C=O)cc5)n4c4ccccc4n23)cc1. The Hall–Kier alpha value is -4.45. The topological polar surface area (TPSA) is 60.9 Å². The van der Waals surface area contributed by atoms with Crippen molar-refractivity contribution >= 4 is 28.5 Å². The zero-order chi connectivity index (χ0) is 21.7. The van der Waals surface area contributed by atoms with Gasteiger partial charge < -0.3 is 4.74 Å². The second kappa shape index (κ2) is 7.06. The lowest BCUT2D eigenvalue weighted by molar-refractivity contribution is 0.112. The molecule has 6 aromatic rings. The second-order valence-corrected chi connectivity index (χ2v) is 7.56. The predicted octanol–water partition coefficient (Wildman–Crippen LogP) is 5.29. The number of para-hydroxylation sites is 2. The molecule has 6 rings (SSSR count). The average Bonchev–Trinajstić information content (AvgIpc) is 3.49. The smallest absolute Gasteiger partial charge is 0.163 e. The van der Waals surface area contributed by atoms with E-state index in [2.05, 4.69) is 20.9 Å². The third-order valence-corrected chi connectivity index (χ3v) is 5.81. The van der Waals surface area contributed by atoms with Gasteiger partial charge in [0.25, 0.3) is 0 Å². The number of fused-ring (bicyclic) bond motifs is 6. The average molecular weight is 418 g/mol. The largest absolute Gasteiger partial charge is 0.497 e. The van der Waals surface area contributed by atoms with E-state index in [1.165, 1.54) is 0 Å². The summed E-state index contributed by atoms with van der Waals surface area (Å²) in [6.07, 6.45) is 4.59. The van der Waals surface area contributed by atoms with Crippen LogP contribution in [0.5, 0.6) is 5.75 Å². The highest BCUT2D eigenvalue weighted by Crippen LogP contribution is 2.32. The molecule has 0 atom stereocenters. The Kier molecular flexibility index (Phi) is 4.04. The van der Waals surface area contributed by atoms with Gasteiger partial charge in [0, 0.05) is 16.7 Å². The highest BCUT2D eigenvalue weighted by atomic mass is 16.5. The van der Waals surface area contributed by atoms with Crippen molar-refractivity contribution in [1.82, 2.24) is 18.8 Å². The molecule has 154 valence electrons. The minimum Gasteiger partial charge on any atom is -0.497 e. The Balaban J connectivity index is 1.67. The van der Waals surface area contributed by atoms with Crippen molar-refractivity contribution in [2.75, 3.05) is 7.11 Å². The molecule has 0 saturated carbocycles. The van der Waals surface area contributed by atoms with Crippen LogP contribution in [0.25, 0.3) is 44.8 Å². The molecule has 0 N–H and O–H groups in total. The summed E-state index contributed by atoms with van der Waals surface area (Å²) in [5.41, 5.74) is 7.40.